The Morgan fingerprint density at radius 2 is 1.58 bits per heavy atom. The summed E-state index contributed by atoms with van der Waals surface area (Å²) in [5, 5.41) is 31.0. The Hall–Kier alpha value is -1.78. The highest BCUT2D eigenvalue weighted by Crippen LogP contribution is 2.17. The highest BCUT2D eigenvalue weighted by Gasteiger charge is 2.13. The van der Waals surface area contributed by atoms with Crippen LogP contribution in [0.4, 0.5) is 5.69 Å². The number of aliphatic hydroxyl groups excluding tert-OH is 1. The van der Waals surface area contributed by atoms with E-state index in [4.69, 9.17) is 4.74 Å². The molecular weight excluding hydrogens is 338 g/mol. The molecule has 0 aliphatic carbocycles. The van der Waals surface area contributed by atoms with Crippen LogP contribution in [0.25, 0.3) is 0 Å². The summed E-state index contributed by atoms with van der Waals surface area (Å²) < 4.78 is 5.54. The summed E-state index contributed by atoms with van der Waals surface area (Å²) in [6.45, 7) is 7.90. The predicted octanol–water partition coefficient (Wildman–Crippen LogP) is -0.581. The minimum atomic E-state index is -0.625. The van der Waals surface area contributed by atoms with Gasteiger partial charge in [0.2, 0.25) is 0 Å². The number of aliphatic hydroxyl groups is 1. The van der Waals surface area contributed by atoms with Crippen LogP contribution in [0.3, 0.4) is 0 Å². The molecule has 4 N–H and O–H groups in total. The van der Waals surface area contributed by atoms with Gasteiger partial charge in [0.25, 0.3) is 5.69 Å². The van der Waals surface area contributed by atoms with Crippen LogP contribution in [0.5, 0.6) is 5.75 Å². The maximum atomic E-state index is 10.6. The number of hydrogen-bond donors (Lipinski definition) is 4. The average molecular weight is 367 g/mol. The van der Waals surface area contributed by atoms with Gasteiger partial charge in [0.15, 0.2) is 0 Å². The van der Waals surface area contributed by atoms with Gasteiger partial charge in [-0.05, 0) is 12.1 Å². The molecule has 9 nitrogen and oxygen atoms in total. The Morgan fingerprint density at radius 3 is 2.12 bits per heavy atom. The Bertz CT molecular complexity index is 516. The van der Waals surface area contributed by atoms with E-state index in [0.717, 1.165) is 52.4 Å². The lowest BCUT2D eigenvalue weighted by Crippen LogP contribution is -2.44. The first-order valence-corrected chi connectivity index (χ1v) is 9.05. The van der Waals surface area contributed by atoms with Gasteiger partial charge < -0.3 is 25.8 Å². The third-order valence-electron chi connectivity index (χ3n) is 4.13. The fourth-order valence-electron chi connectivity index (χ4n) is 2.70. The third-order valence-corrected chi connectivity index (χ3v) is 4.13. The summed E-state index contributed by atoms with van der Waals surface area (Å²) in [4.78, 5) is 12.4. The van der Waals surface area contributed by atoms with Crippen molar-refractivity contribution >= 4 is 5.69 Å². The van der Waals surface area contributed by atoms with Gasteiger partial charge in [0.05, 0.1) is 4.92 Å². The van der Waals surface area contributed by atoms with Crippen LogP contribution in [0.2, 0.25) is 0 Å². The lowest BCUT2D eigenvalue weighted by Gasteiger charge is -2.26. The molecule has 0 spiro atoms. The number of rotatable bonds is 6. The second-order valence-electron chi connectivity index (χ2n) is 6.27. The first kappa shape index (κ1) is 20.5. The fraction of sp³-hybridized carbons (Fsp3) is 0.647. The van der Waals surface area contributed by atoms with Crippen molar-refractivity contribution in [2.75, 3.05) is 65.5 Å². The maximum Gasteiger partial charge on any atom is 0.269 e. The van der Waals surface area contributed by atoms with Crippen molar-refractivity contribution in [1.29, 1.82) is 0 Å². The molecule has 26 heavy (non-hydrogen) atoms. The molecule has 1 unspecified atom stereocenters. The summed E-state index contributed by atoms with van der Waals surface area (Å²) in [6, 6.07) is 5.88. The number of nitrogens with one attached hydrogen (secondary N) is 3. The van der Waals surface area contributed by atoms with E-state index >= 15 is 0 Å². The quantitative estimate of drug-likeness (QED) is 0.390. The summed E-state index contributed by atoms with van der Waals surface area (Å²) in [7, 11) is 0. The predicted molar refractivity (Wildman–Crippen MR) is 99.6 cm³/mol. The molecule has 0 amide bonds. The van der Waals surface area contributed by atoms with Crippen molar-refractivity contribution in [2.24, 2.45) is 0 Å². The fourth-order valence-corrected chi connectivity index (χ4v) is 2.70. The second-order valence-corrected chi connectivity index (χ2v) is 6.27. The average Bonchev–Trinajstić information content (AvgIpc) is 2.62. The maximum absolute atomic E-state index is 10.6. The van der Waals surface area contributed by atoms with Gasteiger partial charge in [-0.25, -0.2) is 0 Å². The Balaban J connectivity index is 1.74. The number of nitrogens with zero attached hydrogens (tertiary/aromatic N) is 2. The van der Waals surface area contributed by atoms with Gasteiger partial charge >= 0.3 is 0 Å². The first-order valence-electron chi connectivity index (χ1n) is 9.05. The van der Waals surface area contributed by atoms with Crippen LogP contribution >= 0.6 is 0 Å². The molecule has 1 aromatic carbocycles. The number of non-ortho nitro benzene ring substituents is 1. The van der Waals surface area contributed by atoms with Gasteiger partial charge in [-0.2, -0.15) is 0 Å². The number of β-amino-alcohol motifs (C(OH)–C–C–N with tert-alkyl or cyclic N) is 1. The molecule has 0 radical (unpaired) electrons. The van der Waals surface area contributed by atoms with E-state index in [1.54, 1.807) is 12.1 Å². The van der Waals surface area contributed by atoms with Gasteiger partial charge in [0.1, 0.15) is 18.5 Å². The van der Waals surface area contributed by atoms with Crippen LogP contribution in [0.15, 0.2) is 24.3 Å². The summed E-state index contributed by atoms with van der Waals surface area (Å²) in [6.07, 6.45) is -0.625. The van der Waals surface area contributed by atoms with Gasteiger partial charge in [0, 0.05) is 71.0 Å². The lowest BCUT2D eigenvalue weighted by molar-refractivity contribution is -0.384. The van der Waals surface area contributed by atoms with Crippen LogP contribution in [0.1, 0.15) is 0 Å². The minimum Gasteiger partial charge on any atom is -0.491 e. The molecule has 1 aromatic rings. The highest BCUT2D eigenvalue weighted by molar-refractivity contribution is 5.35. The van der Waals surface area contributed by atoms with Crippen LogP contribution in [-0.4, -0.2) is 86.5 Å². The van der Waals surface area contributed by atoms with Crippen LogP contribution in [-0.2, 0) is 0 Å². The number of hydrogen-bond acceptors (Lipinski definition) is 8. The molecule has 0 aromatic heterocycles. The molecule has 1 heterocycles. The molecule has 0 saturated carbocycles. The standard InChI is InChI=1S/C17H29N5O4/c23-16(14-26-17-3-1-15(2-4-17)22(24)25)13-21-11-9-19-7-5-18-6-8-20-10-12-21/h1-4,16,18-20,23H,5-14H2. The van der Waals surface area contributed by atoms with E-state index in [0.29, 0.717) is 12.3 Å². The van der Waals surface area contributed by atoms with E-state index in [9.17, 15) is 15.2 Å². The molecule has 146 valence electrons. The molecule has 1 saturated heterocycles. The Kier molecular flexibility index (Phi) is 9.29. The molecular formula is C17H29N5O4. The van der Waals surface area contributed by atoms with E-state index in [2.05, 4.69) is 20.9 Å². The number of benzene rings is 1. The molecule has 1 fully saturated rings. The van der Waals surface area contributed by atoms with Gasteiger partial charge in [-0.1, -0.05) is 0 Å². The number of nitro groups is 1. The van der Waals surface area contributed by atoms with Crippen LogP contribution < -0.4 is 20.7 Å². The van der Waals surface area contributed by atoms with E-state index in [1.165, 1.54) is 12.1 Å². The SMILES string of the molecule is O=[N+]([O-])c1ccc(OCC(O)CN2CCNCCNCCNCC2)cc1. The van der Waals surface area contributed by atoms with Crippen molar-refractivity contribution in [2.45, 2.75) is 6.10 Å². The third kappa shape index (κ3) is 8.07. The van der Waals surface area contributed by atoms with E-state index in [1.807, 2.05) is 0 Å². The lowest BCUT2D eigenvalue weighted by atomic mass is 10.3. The zero-order valence-corrected chi connectivity index (χ0v) is 15.0. The smallest absolute Gasteiger partial charge is 0.269 e. The zero-order valence-electron chi connectivity index (χ0n) is 15.0. The molecule has 2 rings (SSSR count). The Labute approximate surface area is 153 Å². The van der Waals surface area contributed by atoms with Crippen molar-refractivity contribution < 1.29 is 14.8 Å². The van der Waals surface area contributed by atoms with Gasteiger partial charge in [-0.3, -0.25) is 15.0 Å². The van der Waals surface area contributed by atoms with Crippen molar-refractivity contribution in [3.63, 3.8) is 0 Å². The van der Waals surface area contributed by atoms with Crippen LogP contribution in [0, 0.1) is 10.1 Å². The molecule has 1 atom stereocenters. The van der Waals surface area contributed by atoms with Crippen molar-refractivity contribution in [1.82, 2.24) is 20.9 Å². The highest BCUT2D eigenvalue weighted by atomic mass is 16.6. The normalized spacial score (nSPS) is 19.1. The first-order chi connectivity index (χ1) is 12.6. The van der Waals surface area contributed by atoms with E-state index < -0.39 is 11.0 Å². The number of ether oxygens (including phenoxy) is 1. The molecule has 0 bridgehead atoms. The van der Waals surface area contributed by atoms with Crippen molar-refractivity contribution in [3.05, 3.63) is 34.4 Å². The minimum absolute atomic E-state index is 0.0208. The zero-order chi connectivity index (χ0) is 18.6. The van der Waals surface area contributed by atoms with Gasteiger partial charge in [-0.15, -0.1) is 0 Å². The van der Waals surface area contributed by atoms with E-state index in [-0.39, 0.29) is 12.3 Å². The monoisotopic (exact) mass is 367 g/mol. The summed E-state index contributed by atoms with van der Waals surface area (Å²) >= 11 is 0. The molecule has 1 aliphatic heterocycles. The number of nitro benzene ring substituents is 1. The summed E-state index contributed by atoms with van der Waals surface area (Å²) in [5.74, 6) is 0.513. The second kappa shape index (κ2) is 11.8. The largest absolute Gasteiger partial charge is 0.491 e. The molecule has 1 aliphatic rings. The topological polar surface area (TPSA) is 112 Å². The van der Waals surface area contributed by atoms with Crippen molar-refractivity contribution in [3.8, 4) is 5.75 Å². The molecule has 9 heteroatoms. The Morgan fingerprint density at radius 1 is 1.04 bits per heavy atom. The summed E-state index contributed by atoms with van der Waals surface area (Å²) in [5.41, 5.74) is 0.0208.